The molecule has 0 aromatic rings. The zero-order chi connectivity index (χ0) is 15.6. The molecule has 1 atom stereocenters. The van der Waals surface area contributed by atoms with E-state index in [1.807, 2.05) is 0 Å². The van der Waals surface area contributed by atoms with Crippen LogP contribution in [0.25, 0.3) is 0 Å². The summed E-state index contributed by atoms with van der Waals surface area (Å²) >= 11 is 6.08. The van der Waals surface area contributed by atoms with Gasteiger partial charge in [0, 0.05) is 19.5 Å². The standard InChI is InChI=1S/C16H30ClN3O2/c17-16(7-12-19-8-3-1-4-9-19)18-22-14-15(21)13-20-10-5-2-6-11-20/h15,21H,1-14H2. The molecule has 0 amide bonds. The average Bonchev–Trinajstić information content (AvgIpc) is 2.55. The van der Waals surface area contributed by atoms with Crippen LogP contribution >= 0.6 is 11.6 Å². The first-order chi connectivity index (χ1) is 10.7. The number of nitrogens with zero attached hydrogens (tertiary/aromatic N) is 3. The molecule has 128 valence electrons. The fourth-order valence-electron chi connectivity index (χ4n) is 3.17. The summed E-state index contributed by atoms with van der Waals surface area (Å²) < 4.78 is 0. The Morgan fingerprint density at radius 1 is 1.00 bits per heavy atom. The highest BCUT2D eigenvalue weighted by Crippen LogP contribution is 2.10. The molecule has 6 heteroatoms. The summed E-state index contributed by atoms with van der Waals surface area (Å²) in [6, 6.07) is 0. The topological polar surface area (TPSA) is 48.3 Å². The van der Waals surface area contributed by atoms with E-state index in [0.717, 1.165) is 26.1 Å². The number of β-amino-alcohol motifs (C(OH)–C–C–N with tert-alkyl or cyclic N) is 1. The van der Waals surface area contributed by atoms with Crippen molar-refractivity contribution < 1.29 is 9.94 Å². The molecule has 2 aliphatic rings. The van der Waals surface area contributed by atoms with Crippen molar-refractivity contribution in [3.63, 3.8) is 0 Å². The Kier molecular flexibility index (Phi) is 8.52. The first-order valence-corrected chi connectivity index (χ1v) is 9.09. The third-order valence-electron chi connectivity index (χ3n) is 4.43. The highest BCUT2D eigenvalue weighted by atomic mass is 35.5. The molecule has 0 spiro atoms. The predicted molar refractivity (Wildman–Crippen MR) is 90.4 cm³/mol. The molecule has 2 rings (SSSR count). The average molecular weight is 332 g/mol. The van der Waals surface area contributed by atoms with E-state index in [4.69, 9.17) is 16.4 Å². The van der Waals surface area contributed by atoms with Crippen LogP contribution < -0.4 is 0 Å². The van der Waals surface area contributed by atoms with Crippen LogP contribution in [-0.2, 0) is 4.84 Å². The number of oxime groups is 1. The molecule has 22 heavy (non-hydrogen) atoms. The first kappa shape index (κ1) is 18.0. The summed E-state index contributed by atoms with van der Waals surface area (Å²) in [5, 5.41) is 14.4. The molecule has 2 fully saturated rings. The molecule has 2 saturated heterocycles. The molecular formula is C16H30ClN3O2. The Bertz CT molecular complexity index is 329. The second-order valence-electron chi connectivity index (χ2n) is 6.43. The zero-order valence-electron chi connectivity index (χ0n) is 13.6. The summed E-state index contributed by atoms with van der Waals surface area (Å²) in [5.41, 5.74) is 0. The minimum atomic E-state index is -0.492. The Hall–Kier alpha value is -0.360. The van der Waals surface area contributed by atoms with Gasteiger partial charge >= 0.3 is 0 Å². The lowest BCUT2D eigenvalue weighted by Gasteiger charge is -2.28. The van der Waals surface area contributed by atoms with Gasteiger partial charge in [0.25, 0.3) is 0 Å². The highest BCUT2D eigenvalue weighted by molar-refractivity contribution is 6.65. The van der Waals surface area contributed by atoms with E-state index in [2.05, 4.69) is 15.0 Å². The molecule has 5 nitrogen and oxygen atoms in total. The van der Waals surface area contributed by atoms with Gasteiger partial charge in [0.2, 0.25) is 0 Å². The van der Waals surface area contributed by atoms with E-state index in [1.165, 1.54) is 51.6 Å². The van der Waals surface area contributed by atoms with Gasteiger partial charge in [-0.1, -0.05) is 29.6 Å². The minimum absolute atomic E-state index is 0.219. The Labute approximate surface area is 139 Å². The zero-order valence-corrected chi connectivity index (χ0v) is 14.3. The van der Waals surface area contributed by atoms with Gasteiger partial charge in [-0.2, -0.15) is 0 Å². The van der Waals surface area contributed by atoms with E-state index < -0.39 is 6.10 Å². The lowest BCUT2D eigenvalue weighted by atomic mass is 10.1. The molecule has 0 saturated carbocycles. The first-order valence-electron chi connectivity index (χ1n) is 8.71. The maximum absolute atomic E-state index is 9.96. The predicted octanol–water partition coefficient (Wildman–Crippen LogP) is 2.28. The second kappa shape index (κ2) is 10.4. The number of rotatable bonds is 8. The summed E-state index contributed by atoms with van der Waals surface area (Å²) in [6.07, 6.45) is 7.91. The summed E-state index contributed by atoms with van der Waals surface area (Å²) in [5.74, 6) is 0. The third-order valence-corrected chi connectivity index (χ3v) is 4.69. The fraction of sp³-hybridized carbons (Fsp3) is 0.938. The van der Waals surface area contributed by atoms with Crippen LogP contribution in [-0.4, -0.2) is 72.1 Å². The largest absolute Gasteiger partial charge is 0.392 e. The van der Waals surface area contributed by atoms with Crippen LogP contribution in [0.3, 0.4) is 0 Å². The van der Waals surface area contributed by atoms with Crippen molar-refractivity contribution in [2.24, 2.45) is 5.16 Å². The quantitative estimate of drug-likeness (QED) is 0.547. The molecule has 1 N–H and O–H groups in total. The maximum atomic E-state index is 9.96. The van der Waals surface area contributed by atoms with Gasteiger partial charge < -0.3 is 19.7 Å². The van der Waals surface area contributed by atoms with Gasteiger partial charge in [-0.25, -0.2) is 0 Å². The van der Waals surface area contributed by atoms with Crippen LogP contribution in [0.2, 0.25) is 0 Å². The van der Waals surface area contributed by atoms with Crippen LogP contribution in [0.5, 0.6) is 0 Å². The van der Waals surface area contributed by atoms with Gasteiger partial charge in [0.05, 0.1) is 0 Å². The fourth-order valence-corrected chi connectivity index (χ4v) is 3.30. The number of hydrogen-bond acceptors (Lipinski definition) is 5. The van der Waals surface area contributed by atoms with Crippen molar-refractivity contribution in [2.45, 2.75) is 51.0 Å². The molecule has 0 aliphatic carbocycles. The molecule has 1 unspecified atom stereocenters. The molecular weight excluding hydrogens is 302 g/mol. The Morgan fingerprint density at radius 3 is 2.23 bits per heavy atom. The van der Waals surface area contributed by atoms with Crippen molar-refractivity contribution in [1.82, 2.24) is 9.80 Å². The number of hydrogen-bond donors (Lipinski definition) is 1. The van der Waals surface area contributed by atoms with Crippen LogP contribution in [0.15, 0.2) is 5.16 Å². The lowest BCUT2D eigenvalue weighted by Crippen LogP contribution is -2.38. The Morgan fingerprint density at radius 2 is 1.59 bits per heavy atom. The third kappa shape index (κ3) is 7.27. The monoisotopic (exact) mass is 331 g/mol. The maximum Gasteiger partial charge on any atom is 0.146 e. The van der Waals surface area contributed by atoms with Gasteiger partial charge in [-0.05, 0) is 51.9 Å². The van der Waals surface area contributed by atoms with Crippen LogP contribution in [0.4, 0.5) is 0 Å². The minimum Gasteiger partial charge on any atom is -0.392 e. The molecule has 0 bridgehead atoms. The smallest absolute Gasteiger partial charge is 0.146 e. The lowest BCUT2D eigenvalue weighted by molar-refractivity contribution is 0.0158. The Balaban J connectivity index is 1.54. The van der Waals surface area contributed by atoms with Crippen molar-refractivity contribution in [2.75, 3.05) is 45.9 Å². The van der Waals surface area contributed by atoms with Gasteiger partial charge in [-0.3, -0.25) is 0 Å². The number of aliphatic hydroxyl groups excluding tert-OH is 1. The molecule has 2 aliphatic heterocycles. The molecule has 2 heterocycles. The second-order valence-corrected chi connectivity index (χ2v) is 6.87. The van der Waals surface area contributed by atoms with Crippen molar-refractivity contribution in [1.29, 1.82) is 0 Å². The van der Waals surface area contributed by atoms with E-state index in [9.17, 15) is 5.11 Å². The van der Waals surface area contributed by atoms with Gasteiger partial charge in [0.1, 0.15) is 17.9 Å². The normalized spacial score (nSPS) is 23.5. The number of halogens is 1. The number of likely N-dealkylation sites (tertiary alicyclic amines) is 2. The van der Waals surface area contributed by atoms with Crippen LogP contribution in [0.1, 0.15) is 44.9 Å². The van der Waals surface area contributed by atoms with Crippen molar-refractivity contribution in [3.05, 3.63) is 0 Å². The van der Waals surface area contributed by atoms with E-state index in [0.29, 0.717) is 11.7 Å². The summed E-state index contributed by atoms with van der Waals surface area (Å²) in [7, 11) is 0. The van der Waals surface area contributed by atoms with Crippen LogP contribution in [0, 0.1) is 0 Å². The van der Waals surface area contributed by atoms with E-state index in [-0.39, 0.29) is 6.61 Å². The van der Waals surface area contributed by atoms with Crippen molar-refractivity contribution in [3.8, 4) is 0 Å². The number of piperidine rings is 2. The van der Waals surface area contributed by atoms with E-state index >= 15 is 0 Å². The molecule has 0 aromatic heterocycles. The van der Waals surface area contributed by atoms with Gasteiger partial charge in [0.15, 0.2) is 0 Å². The SMILES string of the molecule is OC(CON=C(Cl)CCN1CCCCC1)CN1CCCCC1. The molecule has 0 radical (unpaired) electrons. The summed E-state index contributed by atoms with van der Waals surface area (Å²) in [6.45, 7) is 6.33. The summed E-state index contributed by atoms with van der Waals surface area (Å²) in [4.78, 5) is 9.91. The number of aliphatic hydroxyl groups is 1. The van der Waals surface area contributed by atoms with Crippen molar-refractivity contribution >= 4 is 16.8 Å². The highest BCUT2D eigenvalue weighted by Gasteiger charge is 2.15. The van der Waals surface area contributed by atoms with E-state index in [1.54, 1.807) is 0 Å². The van der Waals surface area contributed by atoms with Gasteiger partial charge in [-0.15, -0.1) is 0 Å². The molecule has 0 aromatic carbocycles.